The summed E-state index contributed by atoms with van der Waals surface area (Å²) in [6.45, 7) is 0.963. The molecule has 1 aliphatic rings. The highest BCUT2D eigenvalue weighted by Gasteiger charge is 2.20. The number of nitrogens with one attached hydrogen (secondary N) is 1. The van der Waals surface area contributed by atoms with Gasteiger partial charge in [0.25, 0.3) is 5.91 Å². The Morgan fingerprint density at radius 3 is 3.00 bits per heavy atom. The largest absolute Gasteiger partial charge is 0.486 e. The molecule has 0 spiro atoms. The number of carbonyl (C=O) groups excluding carboxylic acids is 1. The Balaban J connectivity index is 1.47. The maximum atomic E-state index is 11.6. The van der Waals surface area contributed by atoms with Gasteiger partial charge in [0, 0.05) is 13.0 Å². The summed E-state index contributed by atoms with van der Waals surface area (Å²) in [6.07, 6.45) is 3.20. The molecule has 1 aromatic heterocycles. The molecule has 2 heterocycles. The monoisotopic (exact) mass is 274 g/mol. The minimum Gasteiger partial charge on any atom is -0.486 e. The molecule has 0 aliphatic carbocycles. The highest BCUT2D eigenvalue weighted by molar-refractivity contribution is 5.90. The van der Waals surface area contributed by atoms with Gasteiger partial charge in [-0.3, -0.25) is 4.79 Å². The van der Waals surface area contributed by atoms with Gasteiger partial charge >= 0.3 is 0 Å². The lowest BCUT2D eigenvalue weighted by atomic mass is 10.2. The maximum absolute atomic E-state index is 11.6. The van der Waals surface area contributed by atoms with E-state index in [1.807, 2.05) is 24.3 Å². The van der Waals surface area contributed by atoms with Gasteiger partial charge in [-0.1, -0.05) is 12.1 Å². The van der Waals surface area contributed by atoms with Crippen molar-refractivity contribution in [1.29, 1.82) is 0 Å². The summed E-state index contributed by atoms with van der Waals surface area (Å²) in [7, 11) is 0. The Labute approximate surface area is 115 Å². The molecule has 6 heteroatoms. The maximum Gasteiger partial charge on any atom is 0.288 e. The quantitative estimate of drug-likeness (QED) is 0.917. The minimum absolute atomic E-state index is 0.0695. The van der Waals surface area contributed by atoms with Crippen LogP contribution in [-0.4, -0.2) is 30.1 Å². The molecular formula is C14H14N2O4. The first kappa shape index (κ1) is 12.5. The Bertz CT molecular complexity index is 583. The zero-order valence-corrected chi connectivity index (χ0v) is 10.7. The van der Waals surface area contributed by atoms with Crippen LogP contribution in [0.25, 0.3) is 0 Å². The number of carbonyl (C=O) groups is 1. The summed E-state index contributed by atoms with van der Waals surface area (Å²) in [5.41, 5.74) is 0. The number of oxazole rings is 1. The van der Waals surface area contributed by atoms with Crippen molar-refractivity contribution in [1.82, 2.24) is 10.3 Å². The van der Waals surface area contributed by atoms with Crippen LogP contribution in [0, 0.1) is 0 Å². The van der Waals surface area contributed by atoms with E-state index in [2.05, 4.69) is 10.3 Å². The number of fused-ring (bicyclic) bond motifs is 1. The first-order chi connectivity index (χ1) is 9.83. The number of hydrogen-bond acceptors (Lipinski definition) is 5. The molecule has 0 unspecified atom stereocenters. The van der Waals surface area contributed by atoms with E-state index >= 15 is 0 Å². The Kier molecular flexibility index (Phi) is 3.54. The molecule has 0 saturated carbocycles. The van der Waals surface area contributed by atoms with E-state index in [0.29, 0.717) is 19.6 Å². The average molecular weight is 274 g/mol. The Morgan fingerprint density at radius 2 is 2.20 bits per heavy atom. The fourth-order valence-corrected chi connectivity index (χ4v) is 1.97. The lowest BCUT2D eigenvalue weighted by molar-refractivity contribution is 0.0804. The molecule has 6 nitrogen and oxygen atoms in total. The van der Waals surface area contributed by atoms with Gasteiger partial charge in [0.15, 0.2) is 17.9 Å². The van der Waals surface area contributed by atoms with Crippen LogP contribution in [-0.2, 0) is 0 Å². The van der Waals surface area contributed by atoms with E-state index < -0.39 is 0 Å². The van der Waals surface area contributed by atoms with Crippen LogP contribution in [0.3, 0.4) is 0 Å². The third-order valence-electron chi connectivity index (χ3n) is 2.98. The SMILES string of the molecule is O=C(NCC[C@@H]1COc2ccccc2O1)c1cnco1. The van der Waals surface area contributed by atoms with Crippen molar-refractivity contribution in [3.05, 3.63) is 42.6 Å². The minimum atomic E-state index is -0.278. The normalized spacial score (nSPS) is 16.7. The van der Waals surface area contributed by atoms with Gasteiger partial charge in [-0.05, 0) is 12.1 Å². The van der Waals surface area contributed by atoms with Gasteiger partial charge in [0.1, 0.15) is 12.7 Å². The topological polar surface area (TPSA) is 73.6 Å². The number of amides is 1. The van der Waals surface area contributed by atoms with Crippen molar-refractivity contribution in [2.24, 2.45) is 0 Å². The second kappa shape index (κ2) is 5.64. The molecular weight excluding hydrogens is 260 g/mol. The predicted octanol–water partition coefficient (Wildman–Crippen LogP) is 1.63. The van der Waals surface area contributed by atoms with E-state index in [-0.39, 0.29) is 17.8 Å². The van der Waals surface area contributed by atoms with Gasteiger partial charge in [-0.25, -0.2) is 4.98 Å². The molecule has 1 amide bonds. The molecule has 1 aromatic carbocycles. The molecule has 104 valence electrons. The Hall–Kier alpha value is -2.50. The number of benzene rings is 1. The molecule has 0 fully saturated rings. The molecule has 0 saturated heterocycles. The van der Waals surface area contributed by atoms with Crippen molar-refractivity contribution in [2.75, 3.05) is 13.2 Å². The van der Waals surface area contributed by atoms with Crippen LogP contribution >= 0.6 is 0 Å². The number of para-hydroxylation sites is 2. The molecule has 1 aliphatic heterocycles. The molecule has 20 heavy (non-hydrogen) atoms. The third-order valence-corrected chi connectivity index (χ3v) is 2.98. The summed E-state index contributed by atoms with van der Waals surface area (Å²) in [4.78, 5) is 15.3. The number of hydrogen-bond donors (Lipinski definition) is 1. The van der Waals surface area contributed by atoms with E-state index in [1.165, 1.54) is 12.6 Å². The fourth-order valence-electron chi connectivity index (χ4n) is 1.97. The molecule has 0 radical (unpaired) electrons. The average Bonchev–Trinajstić information content (AvgIpc) is 3.01. The second-order valence-electron chi connectivity index (χ2n) is 4.41. The first-order valence-corrected chi connectivity index (χ1v) is 6.38. The van der Waals surface area contributed by atoms with Crippen molar-refractivity contribution < 1.29 is 18.7 Å². The van der Waals surface area contributed by atoms with Gasteiger partial charge in [-0.2, -0.15) is 0 Å². The van der Waals surface area contributed by atoms with Crippen LogP contribution < -0.4 is 14.8 Å². The van der Waals surface area contributed by atoms with Crippen molar-refractivity contribution in [3.63, 3.8) is 0 Å². The first-order valence-electron chi connectivity index (χ1n) is 6.38. The smallest absolute Gasteiger partial charge is 0.288 e. The zero-order valence-electron chi connectivity index (χ0n) is 10.7. The number of ether oxygens (including phenoxy) is 2. The highest BCUT2D eigenvalue weighted by Crippen LogP contribution is 2.31. The van der Waals surface area contributed by atoms with Crippen molar-refractivity contribution in [3.8, 4) is 11.5 Å². The van der Waals surface area contributed by atoms with Gasteiger partial charge in [0.05, 0.1) is 6.20 Å². The zero-order chi connectivity index (χ0) is 13.8. The highest BCUT2D eigenvalue weighted by atomic mass is 16.6. The molecule has 2 aromatic rings. The lowest BCUT2D eigenvalue weighted by Gasteiger charge is -2.26. The van der Waals surface area contributed by atoms with Gasteiger partial charge < -0.3 is 19.2 Å². The summed E-state index contributed by atoms with van der Waals surface area (Å²) >= 11 is 0. The standard InChI is InChI=1S/C14H14N2O4/c17-14(13-7-15-9-19-13)16-6-5-10-8-18-11-3-1-2-4-12(11)20-10/h1-4,7,9-10H,5-6,8H2,(H,16,17)/t10-/m1/s1. The van der Waals surface area contributed by atoms with E-state index in [4.69, 9.17) is 13.9 Å². The van der Waals surface area contributed by atoms with Crippen LogP contribution in [0.2, 0.25) is 0 Å². The molecule has 1 N–H and O–H groups in total. The number of nitrogens with zero attached hydrogens (tertiary/aromatic N) is 1. The van der Waals surface area contributed by atoms with Crippen molar-refractivity contribution in [2.45, 2.75) is 12.5 Å². The van der Waals surface area contributed by atoms with Gasteiger partial charge in [0.2, 0.25) is 5.76 Å². The second-order valence-corrected chi connectivity index (χ2v) is 4.41. The number of aromatic nitrogens is 1. The lowest BCUT2D eigenvalue weighted by Crippen LogP contribution is -2.34. The van der Waals surface area contributed by atoms with Gasteiger partial charge in [-0.15, -0.1) is 0 Å². The van der Waals surface area contributed by atoms with E-state index in [0.717, 1.165) is 11.5 Å². The van der Waals surface area contributed by atoms with Crippen LogP contribution in [0.4, 0.5) is 0 Å². The molecule has 1 atom stereocenters. The van der Waals surface area contributed by atoms with Crippen molar-refractivity contribution >= 4 is 5.91 Å². The number of rotatable bonds is 4. The Morgan fingerprint density at radius 1 is 1.35 bits per heavy atom. The van der Waals surface area contributed by atoms with Crippen LogP contribution in [0.15, 0.2) is 41.3 Å². The molecule has 3 rings (SSSR count). The summed E-state index contributed by atoms with van der Waals surface area (Å²) in [5, 5.41) is 2.75. The summed E-state index contributed by atoms with van der Waals surface area (Å²) in [6, 6.07) is 7.54. The summed E-state index contributed by atoms with van der Waals surface area (Å²) in [5.74, 6) is 1.43. The summed E-state index contributed by atoms with van der Waals surface area (Å²) < 4.78 is 16.3. The predicted molar refractivity (Wildman–Crippen MR) is 69.8 cm³/mol. The van der Waals surface area contributed by atoms with E-state index in [1.54, 1.807) is 0 Å². The fraction of sp³-hybridized carbons (Fsp3) is 0.286. The van der Waals surface area contributed by atoms with Crippen LogP contribution in [0.1, 0.15) is 17.0 Å². The van der Waals surface area contributed by atoms with E-state index in [9.17, 15) is 4.79 Å². The third kappa shape index (κ3) is 2.74. The van der Waals surface area contributed by atoms with Crippen LogP contribution in [0.5, 0.6) is 11.5 Å². The molecule has 0 bridgehead atoms.